The second-order valence-electron chi connectivity index (χ2n) is 9.26. The Kier molecular flexibility index (Phi) is 6.59. The molecular formula is C29H26N2O8. The first-order chi connectivity index (χ1) is 18.7. The molecule has 2 bridgehead atoms. The van der Waals surface area contributed by atoms with E-state index in [2.05, 4.69) is 29.0 Å². The molecule has 0 spiro atoms. The van der Waals surface area contributed by atoms with E-state index in [1.165, 1.54) is 45.4 Å². The van der Waals surface area contributed by atoms with Crippen LogP contribution in [0.4, 0.5) is 5.69 Å². The maximum absolute atomic E-state index is 14.1. The molecule has 0 fully saturated rings. The van der Waals surface area contributed by atoms with E-state index >= 15 is 0 Å². The number of nitrogens with one attached hydrogen (secondary N) is 1. The quantitative estimate of drug-likeness (QED) is 0.185. The molecule has 0 aromatic heterocycles. The Bertz CT molecular complexity index is 1570. The highest BCUT2D eigenvalue weighted by molar-refractivity contribution is 6.32. The van der Waals surface area contributed by atoms with Crippen molar-refractivity contribution < 1.29 is 39.1 Å². The first-order valence-electron chi connectivity index (χ1n) is 12.1. The number of aliphatic hydroxyl groups is 2. The van der Waals surface area contributed by atoms with Crippen LogP contribution in [-0.2, 0) is 16.9 Å². The van der Waals surface area contributed by atoms with E-state index in [9.17, 15) is 24.9 Å². The molecule has 1 heterocycles. The number of phenols is 1. The van der Waals surface area contributed by atoms with Crippen molar-refractivity contribution in [3.8, 4) is 40.9 Å². The summed E-state index contributed by atoms with van der Waals surface area (Å²) in [5.74, 6) is 9.79. The number of hydrogen-bond acceptors (Lipinski definition) is 10. The minimum Gasteiger partial charge on any atom is -0.507 e. The highest BCUT2D eigenvalue weighted by Gasteiger charge is 2.51. The number of hydrogen-bond donors (Lipinski definition) is 5. The summed E-state index contributed by atoms with van der Waals surface area (Å²) < 4.78 is 16.8. The Morgan fingerprint density at radius 2 is 1.82 bits per heavy atom. The zero-order valence-corrected chi connectivity index (χ0v) is 21.4. The number of methoxy groups -OCH3 is 2. The number of aliphatic hydroxyl groups excluding tert-OH is 2. The van der Waals surface area contributed by atoms with E-state index in [0.29, 0.717) is 5.56 Å². The third-order valence-corrected chi connectivity index (χ3v) is 7.04. The first-order valence-corrected chi connectivity index (χ1v) is 12.1. The number of ketones is 2. The molecule has 6 N–H and O–H groups in total. The van der Waals surface area contributed by atoms with Crippen molar-refractivity contribution in [2.75, 3.05) is 19.5 Å². The van der Waals surface area contributed by atoms with Gasteiger partial charge in [0.1, 0.15) is 29.0 Å². The van der Waals surface area contributed by atoms with Gasteiger partial charge in [-0.05, 0) is 31.2 Å². The summed E-state index contributed by atoms with van der Waals surface area (Å²) in [6.45, 7) is 1.34. The van der Waals surface area contributed by atoms with Gasteiger partial charge in [0.15, 0.2) is 12.1 Å². The van der Waals surface area contributed by atoms with Gasteiger partial charge in [0.2, 0.25) is 5.78 Å². The molecule has 10 heteroatoms. The summed E-state index contributed by atoms with van der Waals surface area (Å²) in [5, 5.41) is 35.9. The van der Waals surface area contributed by atoms with Crippen LogP contribution in [0.5, 0.6) is 17.2 Å². The van der Waals surface area contributed by atoms with Gasteiger partial charge >= 0.3 is 0 Å². The van der Waals surface area contributed by atoms with Gasteiger partial charge in [0, 0.05) is 24.1 Å². The molecule has 1 aliphatic heterocycles. The van der Waals surface area contributed by atoms with Gasteiger partial charge in [-0.2, -0.15) is 0 Å². The van der Waals surface area contributed by atoms with Crippen molar-refractivity contribution in [3.05, 3.63) is 57.7 Å². The summed E-state index contributed by atoms with van der Waals surface area (Å²) in [4.78, 5) is 28.1. The summed E-state index contributed by atoms with van der Waals surface area (Å²) in [7, 11) is 2.76. The van der Waals surface area contributed by atoms with E-state index in [1.807, 2.05) is 0 Å². The molecule has 39 heavy (non-hydrogen) atoms. The lowest BCUT2D eigenvalue weighted by atomic mass is 9.73. The zero-order valence-electron chi connectivity index (χ0n) is 21.4. The van der Waals surface area contributed by atoms with Crippen LogP contribution in [0.25, 0.3) is 0 Å². The van der Waals surface area contributed by atoms with Crippen LogP contribution < -0.4 is 20.5 Å². The molecule has 2 aromatic carbocycles. The van der Waals surface area contributed by atoms with Crippen molar-refractivity contribution in [1.29, 1.82) is 0 Å². The topological polar surface area (TPSA) is 161 Å². The minimum atomic E-state index is -1.71. The van der Waals surface area contributed by atoms with Gasteiger partial charge in [-0.3, -0.25) is 9.59 Å². The molecule has 200 valence electrons. The third-order valence-electron chi connectivity index (χ3n) is 7.04. The van der Waals surface area contributed by atoms with Crippen molar-refractivity contribution in [3.63, 3.8) is 0 Å². The summed E-state index contributed by atoms with van der Waals surface area (Å²) >= 11 is 0. The summed E-state index contributed by atoms with van der Waals surface area (Å²) in [6, 6.07) is 1.98. The predicted molar refractivity (Wildman–Crippen MR) is 140 cm³/mol. The number of allylic oxidation sites excluding steroid dienone is 2. The Hall–Kier alpha value is -4.32. The van der Waals surface area contributed by atoms with E-state index in [4.69, 9.17) is 19.9 Å². The normalized spacial score (nSPS) is 23.8. The van der Waals surface area contributed by atoms with Gasteiger partial charge in [0.25, 0.3) is 0 Å². The van der Waals surface area contributed by atoms with Gasteiger partial charge in [-0.25, -0.2) is 0 Å². The number of ether oxygens (including phenoxy) is 3. The molecule has 3 aliphatic rings. The van der Waals surface area contributed by atoms with E-state index in [0.717, 1.165) is 0 Å². The fraction of sp³-hybridized carbons (Fsp3) is 0.310. The second-order valence-corrected chi connectivity index (χ2v) is 9.26. The zero-order chi connectivity index (χ0) is 28.1. The van der Waals surface area contributed by atoms with Crippen molar-refractivity contribution in [1.82, 2.24) is 0 Å². The van der Waals surface area contributed by atoms with Crippen LogP contribution in [0.2, 0.25) is 0 Å². The standard InChI is InChI=1S/C29H26N2O8/c1-14(32)39-29-12-15(8-6-4-5-7-9-21(29)34)31-25-18(29)11-19(33)23-24(25)26(35)16-10-20(37-2)17(13-30)28(38-3)22(16)27(23)36/h4-5,10-11,14-15,21,31-34H,12-13,30H2,1-3H3/b5-4-/t14-,15-,21+,29-/m0/s1. The van der Waals surface area contributed by atoms with Crippen LogP contribution in [0.3, 0.4) is 0 Å². The lowest BCUT2D eigenvalue weighted by Crippen LogP contribution is -2.51. The summed E-state index contributed by atoms with van der Waals surface area (Å²) in [5.41, 5.74) is 4.42. The molecule has 0 saturated heterocycles. The molecule has 5 rings (SSSR count). The Labute approximate surface area is 224 Å². The molecule has 0 amide bonds. The smallest absolute Gasteiger partial charge is 0.202 e. The number of aromatic hydroxyl groups is 1. The molecule has 2 aliphatic carbocycles. The Balaban J connectivity index is 1.85. The Morgan fingerprint density at radius 3 is 2.46 bits per heavy atom. The highest BCUT2D eigenvalue weighted by Crippen LogP contribution is 2.51. The molecule has 2 aromatic rings. The van der Waals surface area contributed by atoms with E-state index in [-0.39, 0.29) is 58.0 Å². The maximum atomic E-state index is 14.1. The minimum absolute atomic E-state index is 0.00681. The van der Waals surface area contributed by atoms with Crippen molar-refractivity contribution in [2.24, 2.45) is 5.73 Å². The number of benzene rings is 2. The molecule has 0 unspecified atom stereocenters. The van der Waals surface area contributed by atoms with Crippen LogP contribution in [0, 0.1) is 23.7 Å². The van der Waals surface area contributed by atoms with Crippen LogP contribution in [0.15, 0.2) is 24.3 Å². The van der Waals surface area contributed by atoms with Crippen molar-refractivity contribution in [2.45, 2.75) is 43.9 Å². The number of rotatable bonds is 5. The van der Waals surface area contributed by atoms with E-state index < -0.39 is 41.4 Å². The fourth-order valence-corrected chi connectivity index (χ4v) is 5.49. The third kappa shape index (κ3) is 3.94. The highest BCUT2D eigenvalue weighted by atomic mass is 16.6. The number of nitrogens with two attached hydrogens (primary N) is 1. The van der Waals surface area contributed by atoms with Crippen LogP contribution in [-0.4, -0.2) is 59.5 Å². The maximum Gasteiger partial charge on any atom is 0.202 e. The second kappa shape index (κ2) is 9.77. The van der Waals surface area contributed by atoms with Gasteiger partial charge in [0.05, 0.1) is 48.2 Å². The molecule has 0 saturated carbocycles. The summed E-state index contributed by atoms with van der Waals surface area (Å²) in [6.07, 6.45) is 0.142. The lowest BCUT2D eigenvalue weighted by molar-refractivity contribution is -0.213. The predicted octanol–water partition coefficient (Wildman–Crippen LogP) is 1.32. The van der Waals surface area contributed by atoms with Crippen molar-refractivity contribution >= 4 is 17.3 Å². The number of anilines is 1. The van der Waals surface area contributed by atoms with E-state index in [1.54, 1.807) is 0 Å². The fourth-order valence-electron chi connectivity index (χ4n) is 5.49. The number of fused-ring (bicyclic) bond motifs is 7. The largest absolute Gasteiger partial charge is 0.507 e. The average Bonchev–Trinajstić information content (AvgIpc) is 2.91. The number of carbonyl (C=O) groups excluding carboxylic acids is 2. The number of carbonyl (C=O) groups is 2. The molecule has 0 radical (unpaired) electrons. The van der Waals surface area contributed by atoms with Crippen LogP contribution >= 0.6 is 0 Å². The molecular weight excluding hydrogens is 504 g/mol. The monoisotopic (exact) mass is 530 g/mol. The lowest BCUT2D eigenvalue weighted by Gasteiger charge is -2.44. The van der Waals surface area contributed by atoms with Crippen LogP contribution in [0.1, 0.15) is 56.3 Å². The molecule has 4 atom stereocenters. The van der Waals surface area contributed by atoms with Gasteiger partial charge in [-0.15, -0.1) is 0 Å². The molecule has 10 nitrogen and oxygen atoms in total. The van der Waals surface area contributed by atoms with Gasteiger partial charge in [-0.1, -0.05) is 23.7 Å². The number of phenolic OH excluding ortho intramolecular Hbond substituents is 1. The van der Waals surface area contributed by atoms with Gasteiger partial charge < -0.3 is 40.6 Å². The Morgan fingerprint density at radius 1 is 1.10 bits per heavy atom. The SMILES string of the molecule is COc1cc2c(c(OC)c1CN)C(=O)c1c(O)cc3c(c1C2=O)N[C@H]1C#C/C=C\C#C[C@@H](O)[C@]3(O[C@@H](C)O)C1. The first kappa shape index (κ1) is 26.3. The average molecular weight is 531 g/mol.